The molecule has 0 spiro atoms. The standard InChI is InChI=1S/C12H9NO2S/c14-12(15)10-6-16-11(13-10)9-5-7-3-1-2-4-8(7)9/h1-4,6,9H,5H2,(H,14,15). The smallest absolute Gasteiger partial charge is 0.355 e. The lowest BCUT2D eigenvalue weighted by Crippen LogP contribution is -2.17. The lowest BCUT2D eigenvalue weighted by atomic mass is 9.78. The van der Waals surface area contributed by atoms with Gasteiger partial charge in [-0.2, -0.15) is 0 Å². The molecular formula is C12H9NO2S. The summed E-state index contributed by atoms with van der Waals surface area (Å²) in [5, 5.41) is 11.3. The molecule has 3 rings (SSSR count). The third-order valence-corrected chi connectivity index (χ3v) is 3.85. The van der Waals surface area contributed by atoms with Crippen LogP contribution in [0.1, 0.15) is 32.5 Å². The van der Waals surface area contributed by atoms with Crippen molar-refractivity contribution in [1.82, 2.24) is 4.98 Å². The van der Waals surface area contributed by atoms with Gasteiger partial charge >= 0.3 is 5.97 Å². The van der Waals surface area contributed by atoms with Crippen molar-refractivity contribution in [3.05, 3.63) is 51.5 Å². The maximum atomic E-state index is 10.7. The van der Waals surface area contributed by atoms with Gasteiger partial charge in [0.05, 0.1) is 0 Å². The van der Waals surface area contributed by atoms with E-state index in [1.54, 1.807) is 5.38 Å². The number of aromatic carboxylic acids is 1. The monoisotopic (exact) mass is 231 g/mol. The highest BCUT2D eigenvalue weighted by molar-refractivity contribution is 7.10. The van der Waals surface area contributed by atoms with Crippen LogP contribution in [-0.2, 0) is 6.42 Å². The summed E-state index contributed by atoms with van der Waals surface area (Å²) in [7, 11) is 0. The number of aromatic nitrogens is 1. The zero-order valence-electron chi connectivity index (χ0n) is 8.38. The largest absolute Gasteiger partial charge is 0.476 e. The molecule has 4 heteroatoms. The molecule has 80 valence electrons. The minimum atomic E-state index is -0.949. The van der Waals surface area contributed by atoms with E-state index in [9.17, 15) is 4.79 Å². The molecule has 1 aromatic carbocycles. The second-order valence-electron chi connectivity index (χ2n) is 3.83. The predicted molar refractivity (Wildman–Crippen MR) is 61.1 cm³/mol. The zero-order chi connectivity index (χ0) is 11.1. The Morgan fingerprint density at radius 3 is 2.94 bits per heavy atom. The summed E-state index contributed by atoms with van der Waals surface area (Å²) in [6, 6.07) is 8.24. The molecule has 2 aromatic rings. The summed E-state index contributed by atoms with van der Waals surface area (Å²) in [5.41, 5.74) is 2.79. The van der Waals surface area contributed by atoms with Crippen LogP contribution in [0.25, 0.3) is 0 Å². The van der Waals surface area contributed by atoms with Crippen molar-refractivity contribution < 1.29 is 9.90 Å². The van der Waals surface area contributed by atoms with Crippen LogP contribution < -0.4 is 0 Å². The molecule has 0 saturated heterocycles. The lowest BCUT2D eigenvalue weighted by molar-refractivity contribution is 0.0691. The van der Waals surface area contributed by atoms with Gasteiger partial charge in [-0.25, -0.2) is 9.78 Å². The highest BCUT2D eigenvalue weighted by Gasteiger charge is 2.29. The fourth-order valence-corrected chi connectivity index (χ4v) is 2.94. The van der Waals surface area contributed by atoms with E-state index in [0.717, 1.165) is 11.4 Å². The third kappa shape index (κ3) is 1.34. The Kier molecular flexibility index (Phi) is 2.04. The fraction of sp³-hybridized carbons (Fsp3) is 0.167. The number of rotatable bonds is 2. The van der Waals surface area contributed by atoms with Crippen molar-refractivity contribution in [2.75, 3.05) is 0 Å². The van der Waals surface area contributed by atoms with E-state index in [1.807, 2.05) is 12.1 Å². The average molecular weight is 231 g/mol. The van der Waals surface area contributed by atoms with Gasteiger partial charge in [0, 0.05) is 11.3 Å². The van der Waals surface area contributed by atoms with Gasteiger partial charge in [0.25, 0.3) is 0 Å². The van der Waals surface area contributed by atoms with Crippen LogP contribution in [0, 0.1) is 0 Å². The number of fused-ring (bicyclic) bond motifs is 1. The average Bonchev–Trinajstić information content (AvgIpc) is 2.69. The molecule has 1 aromatic heterocycles. The number of hydrogen-bond donors (Lipinski definition) is 1. The van der Waals surface area contributed by atoms with Crippen molar-refractivity contribution in [3.8, 4) is 0 Å². The van der Waals surface area contributed by atoms with E-state index in [-0.39, 0.29) is 5.69 Å². The van der Waals surface area contributed by atoms with Crippen LogP contribution >= 0.6 is 11.3 Å². The van der Waals surface area contributed by atoms with Crippen LogP contribution in [0.3, 0.4) is 0 Å². The summed E-state index contributed by atoms with van der Waals surface area (Å²) in [6.07, 6.45) is 0.975. The molecular weight excluding hydrogens is 222 g/mol. The van der Waals surface area contributed by atoms with Gasteiger partial charge < -0.3 is 5.11 Å². The number of benzene rings is 1. The number of thiazole rings is 1. The van der Waals surface area contributed by atoms with E-state index in [1.165, 1.54) is 22.5 Å². The second kappa shape index (κ2) is 3.42. The molecule has 1 N–H and O–H groups in total. The summed E-state index contributed by atoms with van der Waals surface area (Å²) in [6.45, 7) is 0. The molecule has 16 heavy (non-hydrogen) atoms. The van der Waals surface area contributed by atoms with Crippen molar-refractivity contribution >= 4 is 17.3 Å². The van der Waals surface area contributed by atoms with E-state index >= 15 is 0 Å². The third-order valence-electron chi connectivity index (χ3n) is 2.89. The minimum absolute atomic E-state index is 0.157. The molecule has 1 unspecified atom stereocenters. The highest BCUT2D eigenvalue weighted by atomic mass is 32.1. The maximum Gasteiger partial charge on any atom is 0.355 e. The van der Waals surface area contributed by atoms with Gasteiger partial charge in [-0.3, -0.25) is 0 Å². The summed E-state index contributed by atoms with van der Waals surface area (Å²) >= 11 is 1.43. The van der Waals surface area contributed by atoms with E-state index in [2.05, 4.69) is 17.1 Å². The van der Waals surface area contributed by atoms with E-state index < -0.39 is 5.97 Å². The SMILES string of the molecule is O=C(O)c1csc(C2Cc3ccccc32)n1. The lowest BCUT2D eigenvalue weighted by Gasteiger charge is -2.28. The molecule has 1 heterocycles. The predicted octanol–water partition coefficient (Wildman–Crippen LogP) is 2.53. The van der Waals surface area contributed by atoms with Gasteiger partial charge in [-0.05, 0) is 17.5 Å². The Balaban J connectivity index is 1.93. The summed E-state index contributed by atoms with van der Waals surface area (Å²) in [5.74, 6) is -0.649. The molecule has 0 aliphatic heterocycles. The number of hydrogen-bond acceptors (Lipinski definition) is 3. The van der Waals surface area contributed by atoms with Crippen LogP contribution in [-0.4, -0.2) is 16.1 Å². The van der Waals surface area contributed by atoms with Gasteiger partial charge in [-0.1, -0.05) is 24.3 Å². The van der Waals surface area contributed by atoms with Gasteiger partial charge in [0.15, 0.2) is 5.69 Å². The van der Waals surface area contributed by atoms with Gasteiger partial charge in [0.2, 0.25) is 0 Å². The van der Waals surface area contributed by atoms with Crippen molar-refractivity contribution in [2.24, 2.45) is 0 Å². The number of nitrogens with zero attached hydrogens (tertiary/aromatic N) is 1. The van der Waals surface area contributed by atoms with Crippen LogP contribution in [0.4, 0.5) is 0 Å². The number of carbonyl (C=O) groups is 1. The van der Waals surface area contributed by atoms with Gasteiger partial charge in [-0.15, -0.1) is 11.3 Å². The molecule has 1 atom stereocenters. The topological polar surface area (TPSA) is 50.2 Å². The Morgan fingerprint density at radius 1 is 1.44 bits per heavy atom. The van der Waals surface area contributed by atoms with Gasteiger partial charge in [0.1, 0.15) is 5.01 Å². The first-order chi connectivity index (χ1) is 7.75. The molecule has 0 amide bonds. The zero-order valence-corrected chi connectivity index (χ0v) is 9.20. The molecule has 0 fully saturated rings. The van der Waals surface area contributed by atoms with Crippen molar-refractivity contribution in [3.63, 3.8) is 0 Å². The second-order valence-corrected chi connectivity index (χ2v) is 4.72. The van der Waals surface area contributed by atoms with Crippen molar-refractivity contribution in [2.45, 2.75) is 12.3 Å². The molecule has 1 aliphatic rings. The normalized spacial score (nSPS) is 17.6. The molecule has 0 saturated carbocycles. The van der Waals surface area contributed by atoms with Crippen LogP contribution in [0.5, 0.6) is 0 Å². The maximum absolute atomic E-state index is 10.7. The molecule has 0 bridgehead atoms. The quantitative estimate of drug-likeness (QED) is 0.864. The summed E-state index contributed by atoms with van der Waals surface area (Å²) < 4.78 is 0. The Labute approximate surface area is 96.4 Å². The fourth-order valence-electron chi connectivity index (χ4n) is 2.03. The van der Waals surface area contributed by atoms with Crippen LogP contribution in [0.2, 0.25) is 0 Å². The summed E-state index contributed by atoms with van der Waals surface area (Å²) in [4.78, 5) is 14.9. The Morgan fingerprint density at radius 2 is 2.25 bits per heavy atom. The first-order valence-electron chi connectivity index (χ1n) is 5.02. The molecule has 1 aliphatic carbocycles. The Hall–Kier alpha value is -1.68. The van der Waals surface area contributed by atoms with Crippen molar-refractivity contribution in [1.29, 1.82) is 0 Å². The first-order valence-corrected chi connectivity index (χ1v) is 5.90. The van der Waals surface area contributed by atoms with E-state index in [4.69, 9.17) is 5.11 Å². The first kappa shape index (κ1) is 9.54. The highest BCUT2D eigenvalue weighted by Crippen LogP contribution is 2.40. The molecule has 3 nitrogen and oxygen atoms in total. The van der Waals surface area contributed by atoms with Crippen LogP contribution in [0.15, 0.2) is 29.6 Å². The number of carboxylic acids is 1. The molecule has 0 radical (unpaired) electrons. The Bertz CT molecular complexity index is 562. The number of carboxylic acid groups (broad SMARTS) is 1. The van der Waals surface area contributed by atoms with E-state index in [0.29, 0.717) is 5.92 Å². The minimum Gasteiger partial charge on any atom is -0.476 e.